The van der Waals surface area contributed by atoms with E-state index in [0.717, 1.165) is 24.2 Å². The first kappa shape index (κ1) is 13.9. The van der Waals surface area contributed by atoms with Crippen LogP contribution >= 0.6 is 0 Å². The molecule has 1 aromatic rings. The second-order valence-electron chi connectivity index (χ2n) is 5.05. The van der Waals surface area contributed by atoms with Crippen LogP contribution in [0.1, 0.15) is 37.2 Å². The molecule has 0 spiro atoms. The summed E-state index contributed by atoms with van der Waals surface area (Å²) in [7, 11) is 1.60. The van der Waals surface area contributed by atoms with Crippen LogP contribution in [0.25, 0.3) is 0 Å². The summed E-state index contributed by atoms with van der Waals surface area (Å²) in [4.78, 5) is 11.4. The van der Waals surface area contributed by atoms with E-state index in [2.05, 4.69) is 5.32 Å². The van der Waals surface area contributed by atoms with Crippen molar-refractivity contribution in [2.75, 3.05) is 13.7 Å². The van der Waals surface area contributed by atoms with Gasteiger partial charge in [-0.05, 0) is 30.5 Å². The van der Waals surface area contributed by atoms with Crippen LogP contribution in [-0.4, -0.2) is 30.8 Å². The maximum Gasteiger partial charge on any atom is 0.312 e. The van der Waals surface area contributed by atoms with E-state index in [0.29, 0.717) is 12.6 Å². The van der Waals surface area contributed by atoms with Crippen LogP contribution in [0.2, 0.25) is 0 Å². The molecule has 4 heteroatoms. The van der Waals surface area contributed by atoms with Crippen LogP contribution in [0.4, 0.5) is 0 Å². The fourth-order valence-corrected chi connectivity index (χ4v) is 2.60. The van der Waals surface area contributed by atoms with Gasteiger partial charge in [-0.3, -0.25) is 4.79 Å². The van der Waals surface area contributed by atoms with Crippen LogP contribution in [-0.2, 0) is 4.79 Å². The third-order valence-corrected chi connectivity index (χ3v) is 3.78. The summed E-state index contributed by atoms with van der Waals surface area (Å²) >= 11 is 0. The van der Waals surface area contributed by atoms with Crippen molar-refractivity contribution in [2.24, 2.45) is 0 Å². The zero-order chi connectivity index (χ0) is 13.7. The van der Waals surface area contributed by atoms with Crippen molar-refractivity contribution in [3.63, 3.8) is 0 Å². The molecule has 2 N–H and O–H groups in total. The maximum atomic E-state index is 11.4. The number of aliphatic carboxylic acids is 1. The standard InChI is InChI=1S/C15H21NO3/c1-19-13-8-6-11(7-9-13)14(15(17)18)10-16-12-4-2-3-5-12/h6-9,12,14,16H,2-5,10H2,1H3,(H,17,18). The highest BCUT2D eigenvalue weighted by molar-refractivity contribution is 5.76. The summed E-state index contributed by atoms with van der Waals surface area (Å²) in [6, 6.07) is 7.75. The Morgan fingerprint density at radius 3 is 2.53 bits per heavy atom. The SMILES string of the molecule is COc1ccc(C(CNC2CCCC2)C(=O)O)cc1. The highest BCUT2D eigenvalue weighted by Gasteiger charge is 2.22. The first-order valence-electron chi connectivity index (χ1n) is 6.81. The van der Waals surface area contributed by atoms with Crippen molar-refractivity contribution in [3.8, 4) is 5.75 Å². The first-order chi connectivity index (χ1) is 9.20. The van der Waals surface area contributed by atoms with Gasteiger partial charge in [-0.1, -0.05) is 25.0 Å². The van der Waals surface area contributed by atoms with Gasteiger partial charge in [0.1, 0.15) is 5.75 Å². The predicted octanol–water partition coefficient (Wildman–Crippen LogP) is 2.40. The Morgan fingerprint density at radius 2 is 2.00 bits per heavy atom. The van der Waals surface area contributed by atoms with Gasteiger partial charge in [-0.25, -0.2) is 0 Å². The summed E-state index contributed by atoms with van der Waals surface area (Å²) in [6.07, 6.45) is 4.82. The van der Waals surface area contributed by atoms with Gasteiger partial charge in [0, 0.05) is 12.6 Å². The molecule has 1 aliphatic carbocycles. The van der Waals surface area contributed by atoms with Crippen molar-refractivity contribution in [1.29, 1.82) is 0 Å². The van der Waals surface area contributed by atoms with E-state index in [1.54, 1.807) is 19.2 Å². The third-order valence-electron chi connectivity index (χ3n) is 3.78. The fourth-order valence-electron chi connectivity index (χ4n) is 2.60. The molecule has 1 atom stereocenters. The Labute approximate surface area is 113 Å². The lowest BCUT2D eigenvalue weighted by Gasteiger charge is -2.17. The lowest BCUT2D eigenvalue weighted by molar-refractivity contribution is -0.138. The van der Waals surface area contributed by atoms with Gasteiger partial charge in [0.15, 0.2) is 0 Å². The molecular weight excluding hydrogens is 242 g/mol. The van der Waals surface area contributed by atoms with Crippen LogP contribution in [0.15, 0.2) is 24.3 Å². The molecule has 2 rings (SSSR count). The molecule has 0 bridgehead atoms. The molecule has 4 nitrogen and oxygen atoms in total. The van der Waals surface area contributed by atoms with Gasteiger partial charge in [-0.15, -0.1) is 0 Å². The minimum absolute atomic E-state index is 0.486. The smallest absolute Gasteiger partial charge is 0.312 e. The number of rotatable bonds is 6. The van der Waals surface area contributed by atoms with Crippen LogP contribution < -0.4 is 10.1 Å². The zero-order valence-corrected chi connectivity index (χ0v) is 11.3. The van der Waals surface area contributed by atoms with Gasteiger partial charge in [0.25, 0.3) is 0 Å². The zero-order valence-electron chi connectivity index (χ0n) is 11.3. The van der Waals surface area contributed by atoms with Crippen molar-refractivity contribution < 1.29 is 14.6 Å². The number of nitrogens with one attached hydrogen (secondary N) is 1. The Hall–Kier alpha value is -1.55. The highest BCUT2D eigenvalue weighted by Crippen LogP contribution is 2.22. The molecule has 0 aliphatic heterocycles. The number of hydrogen-bond donors (Lipinski definition) is 2. The maximum absolute atomic E-state index is 11.4. The number of carbonyl (C=O) groups is 1. The van der Waals surface area contributed by atoms with Crippen LogP contribution in [0.3, 0.4) is 0 Å². The van der Waals surface area contributed by atoms with Crippen LogP contribution in [0, 0.1) is 0 Å². The lowest BCUT2D eigenvalue weighted by atomic mass is 9.98. The number of hydrogen-bond acceptors (Lipinski definition) is 3. The Morgan fingerprint density at radius 1 is 1.37 bits per heavy atom. The fraction of sp³-hybridized carbons (Fsp3) is 0.533. The molecule has 0 radical (unpaired) electrons. The van der Waals surface area contributed by atoms with E-state index in [-0.39, 0.29) is 0 Å². The van der Waals surface area contributed by atoms with E-state index in [9.17, 15) is 9.90 Å². The molecule has 1 fully saturated rings. The van der Waals surface area contributed by atoms with Crippen molar-refractivity contribution >= 4 is 5.97 Å². The van der Waals surface area contributed by atoms with Gasteiger partial charge < -0.3 is 15.2 Å². The van der Waals surface area contributed by atoms with Crippen LogP contribution in [0.5, 0.6) is 5.75 Å². The summed E-state index contributed by atoms with van der Waals surface area (Å²) in [5.74, 6) is -0.529. The second-order valence-corrected chi connectivity index (χ2v) is 5.05. The average Bonchev–Trinajstić information content (AvgIpc) is 2.92. The molecule has 1 unspecified atom stereocenters. The highest BCUT2D eigenvalue weighted by atomic mass is 16.5. The monoisotopic (exact) mass is 263 g/mol. The number of carboxylic acids is 1. The molecule has 1 aliphatic rings. The van der Waals surface area contributed by atoms with E-state index >= 15 is 0 Å². The largest absolute Gasteiger partial charge is 0.497 e. The molecule has 104 valence electrons. The van der Waals surface area contributed by atoms with E-state index in [4.69, 9.17) is 4.74 Å². The first-order valence-corrected chi connectivity index (χ1v) is 6.81. The number of methoxy groups -OCH3 is 1. The minimum Gasteiger partial charge on any atom is -0.497 e. The molecule has 0 heterocycles. The molecule has 0 amide bonds. The van der Waals surface area contributed by atoms with Crippen molar-refractivity contribution in [1.82, 2.24) is 5.32 Å². The summed E-state index contributed by atoms with van der Waals surface area (Å²) in [6.45, 7) is 0.492. The quantitative estimate of drug-likeness (QED) is 0.827. The minimum atomic E-state index is -0.782. The molecule has 1 aromatic carbocycles. The molecule has 0 aromatic heterocycles. The lowest BCUT2D eigenvalue weighted by Crippen LogP contribution is -2.33. The second kappa shape index (κ2) is 6.57. The van der Waals surface area contributed by atoms with E-state index < -0.39 is 11.9 Å². The molecular formula is C15H21NO3. The Kier molecular flexibility index (Phi) is 4.80. The van der Waals surface area contributed by atoms with E-state index in [1.807, 2.05) is 12.1 Å². The summed E-state index contributed by atoms with van der Waals surface area (Å²) in [5.41, 5.74) is 0.818. The van der Waals surface area contributed by atoms with Gasteiger partial charge in [0.2, 0.25) is 0 Å². The van der Waals surface area contributed by atoms with Crippen molar-refractivity contribution in [3.05, 3.63) is 29.8 Å². The summed E-state index contributed by atoms with van der Waals surface area (Å²) in [5, 5.41) is 12.7. The van der Waals surface area contributed by atoms with Gasteiger partial charge in [-0.2, -0.15) is 0 Å². The molecule has 19 heavy (non-hydrogen) atoms. The number of ether oxygens (including phenoxy) is 1. The third kappa shape index (κ3) is 3.70. The number of benzene rings is 1. The number of carboxylic acid groups (broad SMARTS) is 1. The topological polar surface area (TPSA) is 58.6 Å². The Balaban J connectivity index is 1.99. The van der Waals surface area contributed by atoms with Crippen molar-refractivity contribution in [2.45, 2.75) is 37.6 Å². The summed E-state index contributed by atoms with van der Waals surface area (Å²) < 4.78 is 5.09. The average molecular weight is 263 g/mol. The van der Waals surface area contributed by atoms with E-state index in [1.165, 1.54) is 12.8 Å². The van der Waals surface area contributed by atoms with Gasteiger partial charge >= 0.3 is 5.97 Å². The predicted molar refractivity (Wildman–Crippen MR) is 73.6 cm³/mol. The van der Waals surface area contributed by atoms with Gasteiger partial charge in [0.05, 0.1) is 13.0 Å². The molecule has 1 saturated carbocycles. The Bertz CT molecular complexity index is 410. The molecule has 0 saturated heterocycles. The normalized spacial score (nSPS) is 17.3.